The number of esters is 1. The minimum Gasteiger partial charge on any atom is -0.462 e. The molecule has 0 aromatic heterocycles. The van der Waals surface area contributed by atoms with Gasteiger partial charge in [0, 0.05) is 6.92 Å². The number of carbonyl (C=O) groups excluding carboxylic acids is 1. The van der Waals surface area contributed by atoms with E-state index in [4.69, 9.17) is 4.74 Å². The molecule has 2 nitrogen and oxygen atoms in total. The zero-order chi connectivity index (χ0) is 7.56. The summed E-state index contributed by atoms with van der Waals surface area (Å²) in [5.74, 6) is 0.507. The van der Waals surface area contributed by atoms with Gasteiger partial charge in [-0.3, -0.25) is 4.79 Å². The molecule has 58 valence electrons. The molecule has 0 radical (unpaired) electrons. The Kier molecular flexibility index (Phi) is 2.30. The molecule has 2 atom stereocenters. The molecule has 2 unspecified atom stereocenters. The van der Waals surface area contributed by atoms with Crippen LogP contribution in [0, 0.1) is 5.92 Å². The van der Waals surface area contributed by atoms with Crippen molar-refractivity contribution in [1.29, 1.82) is 0 Å². The van der Waals surface area contributed by atoms with Crippen molar-refractivity contribution in [2.75, 3.05) is 0 Å². The van der Waals surface area contributed by atoms with E-state index in [1.165, 1.54) is 13.3 Å². The summed E-state index contributed by atoms with van der Waals surface area (Å²) in [7, 11) is 0. The fraction of sp³-hybridized carbons (Fsp3) is 0.875. The van der Waals surface area contributed by atoms with Crippen LogP contribution in [0.4, 0.5) is 0 Å². The average molecular weight is 142 g/mol. The standard InChI is InChI=1S/C8H14O2/c1-3-7-4-5-8(7)10-6(2)9/h7-8H,3-5H2,1-2H3. The molecular weight excluding hydrogens is 128 g/mol. The van der Waals surface area contributed by atoms with E-state index in [-0.39, 0.29) is 12.1 Å². The molecule has 1 saturated carbocycles. The first kappa shape index (κ1) is 7.58. The molecule has 1 aliphatic rings. The predicted molar refractivity (Wildman–Crippen MR) is 38.6 cm³/mol. The predicted octanol–water partition coefficient (Wildman–Crippen LogP) is 1.74. The molecule has 0 aromatic rings. The summed E-state index contributed by atoms with van der Waals surface area (Å²) in [5, 5.41) is 0. The van der Waals surface area contributed by atoms with Gasteiger partial charge in [0.05, 0.1) is 0 Å². The molecule has 0 aliphatic heterocycles. The van der Waals surface area contributed by atoms with Gasteiger partial charge < -0.3 is 4.74 Å². The number of hydrogen-bond acceptors (Lipinski definition) is 2. The van der Waals surface area contributed by atoms with E-state index in [1.54, 1.807) is 0 Å². The minimum absolute atomic E-state index is 0.136. The van der Waals surface area contributed by atoms with Gasteiger partial charge in [0.15, 0.2) is 0 Å². The lowest BCUT2D eigenvalue weighted by Crippen LogP contribution is -2.34. The Morgan fingerprint density at radius 3 is 2.60 bits per heavy atom. The molecule has 10 heavy (non-hydrogen) atoms. The van der Waals surface area contributed by atoms with E-state index in [2.05, 4.69) is 6.92 Å². The molecule has 0 heterocycles. The Morgan fingerprint density at radius 2 is 2.30 bits per heavy atom. The molecule has 0 N–H and O–H groups in total. The smallest absolute Gasteiger partial charge is 0.302 e. The van der Waals surface area contributed by atoms with Crippen LogP contribution in [0.5, 0.6) is 0 Å². The number of rotatable bonds is 2. The molecule has 0 saturated heterocycles. The lowest BCUT2D eigenvalue weighted by Gasteiger charge is -2.34. The van der Waals surface area contributed by atoms with Crippen molar-refractivity contribution in [2.45, 2.75) is 39.2 Å². The summed E-state index contributed by atoms with van der Waals surface area (Å²) in [4.78, 5) is 10.5. The van der Waals surface area contributed by atoms with Gasteiger partial charge in [0.2, 0.25) is 0 Å². The molecule has 0 amide bonds. The second-order valence-corrected chi connectivity index (χ2v) is 2.89. The minimum atomic E-state index is -0.136. The highest BCUT2D eigenvalue weighted by Crippen LogP contribution is 2.32. The number of carbonyl (C=O) groups is 1. The maximum atomic E-state index is 10.5. The first-order chi connectivity index (χ1) is 4.74. The van der Waals surface area contributed by atoms with Crippen molar-refractivity contribution in [3.63, 3.8) is 0 Å². The quantitative estimate of drug-likeness (QED) is 0.549. The SMILES string of the molecule is CCC1CCC1OC(C)=O. The maximum absolute atomic E-state index is 10.5. The van der Waals surface area contributed by atoms with Crippen molar-refractivity contribution in [3.8, 4) is 0 Å². The molecule has 0 aromatic carbocycles. The van der Waals surface area contributed by atoms with E-state index in [0.29, 0.717) is 5.92 Å². The third-order valence-electron chi connectivity index (χ3n) is 2.19. The van der Waals surface area contributed by atoms with Crippen LogP contribution in [0.2, 0.25) is 0 Å². The largest absolute Gasteiger partial charge is 0.462 e. The van der Waals surface area contributed by atoms with Gasteiger partial charge in [-0.05, 0) is 25.2 Å². The Labute approximate surface area is 61.6 Å². The number of ether oxygens (including phenoxy) is 1. The van der Waals surface area contributed by atoms with Crippen LogP contribution in [0.1, 0.15) is 33.1 Å². The fourth-order valence-electron chi connectivity index (χ4n) is 1.37. The lowest BCUT2D eigenvalue weighted by atomic mass is 9.80. The first-order valence-electron chi connectivity index (χ1n) is 3.91. The zero-order valence-corrected chi connectivity index (χ0v) is 6.59. The van der Waals surface area contributed by atoms with E-state index >= 15 is 0 Å². The summed E-state index contributed by atoms with van der Waals surface area (Å²) in [6.07, 6.45) is 3.67. The van der Waals surface area contributed by atoms with Gasteiger partial charge in [0.1, 0.15) is 6.10 Å². The van der Waals surface area contributed by atoms with Crippen molar-refractivity contribution < 1.29 is 9.53 Å². The fourth-order valence-corrected chi connectivity index (χ4v) is 1.37. The van der Waals surface area contributed by atoms with Crippen molar-refractivity contribution in [2.24, 2.45) is 5.92 Å². The summed E-state index contributed by atoms with van der Waals surface area (Å²) in [5.41, 5.74) is 0. The average Bonchev–Trinajstić information content (AvgIpc) is 1.82. The van der Waals surface area contributed by atoms with Crippen molar-refractivity contribution in [1.82, 2.24) is 0 Å². The van der Waals surface area contributed by atoms with Crippen molar-refractivity contribution in [3.05, 3.63) is 0 Å². The molecule has 0 bridgehead atoms. The van der Waals surface area contributed by atoms with E-state index < -0.39 is 0 Å². The lowest BCUT2D eigenvalue weighted by molar-refractivity contribution is -0.155. The van der Waals surface area contributed by atoms with Crippen LogP contribution in [0.25, 0.3) is 0 Å². The van der Waals surface area contributed by atoms with Crippen LogP contribution in [0.3, 0.4) is 0 Å². The van der Waals surface area contributed by atoms with Crippen LogP contribution in [-0.2, 0) is 9.53 Å². The van der Waals surface area contributed by atoms with Gasteiger partial charge >= 0.3 is 5.97 Å². The highest BCUT2D eigenvalue weighted by atomic mass is 16.5. The Hall–Kier alpha value is -0.530. The van der Waals surface area contributed by atoms with Gasteiger partial charge in [-0.2, -0.15) is 0 Å². The van der Waals surface area contributed by atoms with Crippen LogP contribution < -0.4 is 0 Å². The van der Waals surface area contributed by atoms with Gasteiger partial charge in [-0.15, -0.1) is 0 Å². The second kappa shape index (κ2) is 3.04. The van der Waals surface area contributed by atoms with Gasteiger partial charge in [-0.25, -0.2) is 0 Å². The summed E-state index contributed by atoms with van der Waals surface area (Å²) in [6.45, 7) is 3.62. The topological polar surface area (TPSA) is 26.3 Å². The molecular formula is C8H14O2. The monoisotopic (exact) mass is 142 g/mol. The Morgan fingerprint density at radius 1 is 1.60 bits per heavy atom. The normalized spacial score (nSPS) is 31.0. The summed E-state index contributed by atoms with van der Waals surface area (Å²) >= 11 is 0. The molecule has 1 fully saturated rings. The third kappa shape index (κ3) is 1.49. The van der Waals surface area contributed by atoms with Gasteiger partial charge in [0.25, 0.3) is 0 Å². The van der Waals surface area contributed by atoms with Crippen LogP contribution in [0.15, 0.2) is 0 Å². The van der Waals surface area contributed by atoms with Crippen LogP contribution >= 0.6 is 0 Å². The highest BCUT2D eigenvalue weighted by molar-refractivity contribution is 5.66. The van der Waals surface area contributed by atoms with E-state index in [9.17, 15) is 4.79 Å². The number of hydrogen-bond donors (Lipinski definition) is 0. The van der Waals surface area contributed by atoms with E-state index in [0.717, 1.165) is 12.8 Å². The highest BCUT2D eigenvalue weighted by Gasteiger charge is 2.31. The third-order valence-corrected chi connectivity index (χ3v) is 2.19. The molecule has 1 aliphatic carbocycles. The Balaban J connectivity index is 2.23. The summed E-state index contributed by atoms with van der Waals surface area (Å²) < 4.78 is 5.05. The van der Waals surface area contributed by atoms with Crippen molar-refractivity contribution >= 4 is 5.97 Å². The zero-order valence-electron chi connectivity index (χ0n) is 6.59. The molecule has 1 rings (SSSR count). The molecule has 2 heteroatoms. The summed E-state index contributed by atoms with van der Waals surface area (Å²) in [6, 6.07) is 0. The maximum Gasteiger partial charge on any atom is 0.302 e. The molecule has 0 spiro atoms. The van der Waals surface area contributed by atoms with Gasteiger partial charge in [-0.1, -0.05) is 6.92 Å². The van der Waals surface area contributed by atoms with E-state index in [1.807, 2.05) is 0 Å². The first-order valence-corrected chi connectivity index (χ1v) is 3.91. The van der Waals surface area contributed by atoms with Crippen LogP contribution in [-0.4, -0.2) is 12.1 Å². The Bertz CT molecular complexity index is 129. The second-order valence-electron chi connectivity index (χ2n) is 2.89.